The van der Waals surface area contributed by atoms with Gasteiger partial charge in [-0.2, -0.15) is 5.26 Å². The lowest BCUT2D eigenvalue weighted by Gasteiger charge is -2.29. The molecule has 0 saturated carbocycles. The molecule has 2 nitrogen and oxygen atoms in total. The zero-order chi connectivity index (χ0) is 22.3. The van der Waals surface area contributed by atoms with Crippen molar-refractivity contribution in [2.45, 2.75) is 20.3 Å². The Hall–Kier alpha value is -4.09. The lowest BCUT2D eigenvalue weighted by Crippen LogP contribution is -2.13. The molecule has 4 rings (SSSR count). The van der Waals surface area contributed by atoms with Crippen molar-refractivity contribution in [2.24, 2.45) is 0 Å². The molecule has 0 atom stereocenters. The van der Waals surface area contributed by atoms with Crippen molar-refractivity contribution < 1.29 is 0 Å². The molecule has 4 aromatic carbocycles. The number of hydrogen-bond donors (Lipinski definition) is 0. The third kappa shape index (κ3) is 4.63. The molecule has 0 spiro atoms. The molecule has 0 N–H and O–H groups in total. The predicted molar refractivity (Wildman–Crippen MR) is 135 cm³/mol. The molecule has 0 unspecified atom stereocenters. The SMILES string of the molecule is CCc1cccc(C)c1N(c1ccccc1)c1ccc(C=Cc2ccc(C#N)cc2)cc1. The van der Waals surface area contributed by atoms with Crippen LogP contribution in [0.4, 0.5) is 17.1 Å². The number of nitriles is 1. The lowest BCUT2D eigenvalue weighted by molar-refractivity contribution is 1.10. The van der Waals surface area contributed by atoms with Crippen LogP contribution in [0.2, 0.25) is 0 Å². The van der Waals surface area contributed by atoms with Gasteiger partial charge in [0.05, 0.1) is 17.3 Å². The largest absolute Gasteiger partial charge is 0.310 e. The van der Waals surface area contributed by atoms with Crippen LogP contribution in [-0.4, -0.2) is 0 Å². The van der Waals surface area contributed by atoms with Crippen LogP contribution in [0, 0.1) is 18.3 Å². The second kappa shape index (κ2) is 9.81. The van der Waals surface area contributed by atoms with Crippen molar-refractivity contribution in [2.75, 3.05) is 4.90 Å². The Kier molecular flexibility index (Phi) is 6.49. The lowest BCUT2D eigenvalue weighted by atomic mass is 10.0. The van der Waals surface area contributed by atoms with Crippen molar-refractivity contribution in [3.05, 3.63) is 125 Å². The second-order valence-electron chi connectivity index (χ2n) is 7.77. The van der Waals surface area contributed by atoms with E-state index in [0.29, 0.717) is 5.56 Å². The summed E-state index contributed by atoms with van der Waals surface area (Å²) < 4.78 is 0. The fraction of sp³-hybridized carbons (Fsp3) is 0.100. The predicted octanol–water partition coefficient (Wildman–Crippen LogP) is 8.07. The topological polar surface area (TPSA) is 27.0 Å². The first-order valence-corrected chi connectivity index (χ1v) is 10.9. The van der Waals surface area contributed by atoms with Crippen molar-refractivity contribution in [1.82, 2.24) is 0 Å². The van der Waals surface area contributed by atoms with Crippen molar-refractivity contribution >= 4 is 29.2 Å². The van der Waals surface area contributed by atoms with Crippen LogP contribution >= 0.6 is 0 Å². The highest BCUT2D eigenvalue weighted by atomic mass is 15.1. The van der Waals surface area contributed by atoms with Gasteiger partial charge in [0.1, 0.15) is 0 Å². The summed E-state index contributed by atoms with van der Waals surface area (Å²) in [5, 5.41) is 8.95. The average molecular weight is 415 g/mol. The standard InChI is InChI=1S/C30H26N2/c1-3-27-9-7-8-23(2)30(27)32(28-10-5-4-6-11-28)29-20-18-25(19-21-29)13-12-24-14-16-26(22-31)17-15-24/h4-21H,3H2,1-2H3. The molecule has 2 heteroatoms. The van der Waals surface area contributed by atoms with E-state index >= 15 is 0 Å². The molecule has 156 valence electrons. The molecule has 0 aromatic heterocycles. The van der Waals surface area contributed by atoms with Gasteiger partial charge in [-0.3, -0.25) is 0 Å². The van der Waals surface area contributed by atoms with Crippen LogP contribution in [0.25, 0.3) is 12.2 Å². The molecule has 0 aliphatic heterocycles. The Morgan fingerprint density at radius 1 is 0.719 bits per heavy atom. The fourth-order valence-electron chi connectivity index (χ4n) is 3.91. The quantitative estimate of drug-likeness (QED) is 0.298. The van der Waals surface area contributed by atoms with Gasteiger partial charge in [-0.05, 0) is 72.0 Å². The summed E-state index contributed by atoms with van der Waals surface area (Å²) in [6.45, 7) is 4.39. The molecule has 0 amide bonds. The number of anilines is 3. The summed E-state index contributed by atoms with van der Waals surface area (Å²) in [6.07, 6.45) is 5.15. The second-order valence-corrected chi connectivity index (χ2v) is 7.77. The van der Waals surface area contributed by atoms with Gasteiger partial charge in [0.2, 0.25) is 0 Å². The first-order valence-electron chi connectivity index (χ1n) is 10.9. The van der Waals surface area contributed by atoms with Crippen LogP contribution in [0.1, 0.15) is 34.7 Å². The van der Waals surface area contributed by atoms with Gasteiger partial charge < -0.3 is 4.90 Å². The third-order valence-corrected chi connectivity index (χ3v) is 5.60. The Morgan fingerprint density at radius 3 is 1.91 bits per heavy atom. The first kappa shape index (κ1) is 21.2. The van der Waals surface area contributed by atoms with E-state index in [1.165, 1.54) is 16.8 Å². The number of para-hydroxylation sites is 2. The molecular weight excluding hydrogens is 388 g/mol. The maximum absolute atomic E-state index is 8.95. The van der Waals surface area contributed by atoms with E-state index in [-0.39, 0.29) is 0 Å². The Balaban J connectivity index is 1.69. The fourth-order valence-corrected chi connectivity index (χ4v) is 3.91. The highest BCUT2D eigenvalue weighted by Crippen LogP contribution is 2.38. The van der Waals surface area contributed by atoms with Crippen LogP contribution < -0.4 is 4.90 Å². The van der Waals surface area contributed by atoms with Crippen LogP contribution in [0.5, 0.6) is 0 Å². The Labute approximate surface area is 190 Å². The van der Waals surface area contributed by atoms with Crippen molar-refractivity contribution in [1.29, 1.82) is 5.26 Å². The molecule has 0 aliphatic carbocycles. The molecule has 0 aliphatic rings. The van der Waals surface area contributed by atoms with Gasteiger partial charge in [-0.1, -0.05) is 79.7 Å². The van der Waals surface area contributed by atoms with Gasteiger partial charge in [0.15, 0.2) is 0 Å². The molecule has 0 radical (unpaired) electrons. The molecule has 4 aromatic rings. The monoisotopic (exact) mass is 414 g/mol. The van der Waals surface area contributed by atoms with Crippen molar-refractivity contribution in [3.8, 4) is 6.07 Å². The number of rotatable bonds is 6. The number of aryl methyl sites for hydroxylation is 2. The summed E-state index contributed by atoms with van der Waals surface area (Å²) in [5.74, 6) is 0. The number of hydrogen-bond acceptors (Lipinski definition) is 2. The molecule has 0 fully saturated rings. The van der Waals surface area contributed by atoms with E-state index in [4.69, 9.17) is 5.26 Å². The highest BCUT2D eigenvalue weighted by molar-refractivity contribution is 5.81. The van der Waals surface area contributed by atoms with Crippen LogP contribution in [0.15, 0.2) is 97.1 Å². The third-order valence-electron chi connectivity index (χ3n) is 5.60. The molecule has 0 saturated heterocycles. The van der Waals surface area contributed by atoms with Gasteiger partial charge >= 0.3 is 0 Å². The smallest absolute Gasteiger partial charge is 0.0991 e. The summed E-state index contributed by atoms with van der Waals surface area (Å²) in [4.78, 5) is 2.35. The van der Waals surface area contributed by atoms with E-state index in [2.05, 4.69) is 110 Å². The van der Waals surface area contributed by atoms with Crippen LogP contribution in [0.3, 0.4) is 0 Å². The van der Waals surface area contributed by atoms with Gasteiger partial charge in [0, 0.05) is 11.4 Å². The highest BCUT2D eigenvalue weighted by Gasteiger charge is 2.17. The summed E-state index contributed by atoms with van der Waals surface area (Å²) >= 11 is 0. The summed E-state index contributed by atoms with van der Waals surface area (Å²) in [7, 11) is 0. The average Bonchev–Trinajstić information content (AvgIpc) is 2.85. The minimum Gasteiger partial charge on any atom is -0.310 e. The molecular formula is C30H26N2. The van der Waals surface area contributed by atoms with E-state index in [1.807, 2.05) is 24.3 Å². The normalized spacial score (nSPS) is 10.8. The van der Waals surface area contributed by atoms with E-state index < -0.39 is 0 Å². The zero-order valence-corrected chi connectivity index (χ0v) is 18.5. The maximum atomic E-state index is 8.95. The minimum atomic E-state index is 0.676. The Bertz CT molecular complexity index is 1250. The van der Waals surface area contributed by atoms with Gasteiger partial charge in [0.25, 0.3) is 0 Å². The zero-order valence-electron chi connectivity index (χ0n) is 18.5. The maximum Gasteiger partial charge on any atom is 0.0991 e. The minimum absolute atomic E-state index is 0.676. The van der Waals surface area contributed by atoms with E-state index in [0.717, 1.165) is 28.9 Å². The summed E-state index contributed by atoms with van der Waals surface area (Å²) in [6, 6.07) is 35.5. The van der Waals surface area contributed by atoms with E-state index in [1.54, 1.807) is 0 Å². The molecule has 0 bridgehead atoms. The molecule has 32 heavy (non-hydrogen) atoms. The Morgan fingerprint density at radius 2 is 1.31 bits per heavy atom. The van der Waals surface area contributed by atoms with Gasteiger partial charge in [-0.15, -0.1) is 0 Å². The van der Waals surface area contributed by atoms with E-state index in [9.17, 15) is 0 Å². The van der Waals surface area contributed by atoms with Crippen molar-refractivity contribution in [3.63, 3.8) is 0 Å². The molecule has 0 heterocycles. The summed E-state index contributed by atoms with van der Waals surface area (Å²) in [5.41, 5.74) is 9.01. The van der Waals surface area contributed by atoms with Gasteiger partial charge in [-0.25, -0.2) is 0 Å². The first-order chi connectivity index (χ1) is 15.7. The van der Waals surface area contributed by atoms with Crippen LogP contribution in [-0.2, 0) is 6.42 Å². The number of nitrogens with zero attached hydrogens (tertiary/aromatic N) is 2. The number of benzene rings is 4.